The first kappa shape index (κ1) is 25.0. The van der Waals surface area contributed by atoms with E-state index in [1.807, 2.05) is 30.0 Å². The van der Waals surface area contributed by atoms with Gasteiger partial charge in [0.05, 0.1) is 37.8 Å². The molecule has 0 aromatic heterocycles. The SMILES string of the molecule is O=C(O)COCCOCCOCCSC(c1ccccc1)(c1ccccc1)c1ccccc1. The third kappa shape index (κ3) is 7.44. The van der Waals surface area contributed by atoms with Crippen LogP contribution < -0.4 is 0 Å². The number of thioether (sulfide) groups is 1. The van der Waals surface area contributed by atoms with Crippen LogP contribution in [0.3, 0.4) is 0 Å². The van der Waals surface area contributed by atoms with Gasteiger partial charge in [0.25, 0.3) is 0 Å². The Morgan fingerprint density at radius 1 is 0.636 bits per heavy atom. The number of aliphatic carboxylic acids is 1. The Kier molecular flexibility index (Phi) is 10.5. The molecule has 0 unspecified atom stereocenters. The summed E-state index contributed by atoms with van der Waals surface area (Å²) in [7, 11) is 0. The minimum Gasteiger partial charge on any atom is -0.480 e. The fourth-order valence-corrected chi connectivity index (χ4v) is 5.04. The van der Waals surface area contributed by atoms with E-state index < -0.39 is 5.97 Å². The molecule has 5 nitrogen and oxygen atoms in total. The molecule has 0 spiro atoms. The number of benzene rings is 3. The van der Waals surface area contributed by atoms with E-state index in [0.717, 1.165) is 5.75 Å². The molecule has 0 aliphatic rings. The molecule has 0 amide bonds. The Hall–Kier alpha value is -2.64. The van der Waals surface area contributed by atoms with E-state index in [-0.39, 0.29) is 18.0 Å². The van der Waals surface area contributed by atoms with Crippen LogP contribution in [0.15, 0.2) is 91.0 Å². The topological polar surface area (TPSA) is 65.0 Å². The van der Waals surface area contributed by atoms with Crippen LogP contribution in [-0.2, 0) is 23.8 Å². The number of hydrogen-bond donors (Lipinski definition) is 1. The normalized spacial score (nSPS) is 11.4. The van der Waals surface area contributed by atoms with Crippen molar-refractivity contribution in [2.24, 2.45) is 0 Å². The predicted octanol–water partition coefficient (Wildman–Crippen LogP) is 4.85. The summed E-state index contributed by atoms with van der Waals surface area (Å²) >= 11 is 1.86. The average Bonchev–Trinajstić information content (AvgIpc) is 2.86. The minimum atomic E-state index is -0.978. The van der Waals surface area contributed by atoms with Crippen LogP contribution in [0.25, 0.3) is 0 Å². The van der Waals surface area contributed by atoms with Crippen molar-refractivity contribution < 1.29 is 24.1 Å². The van der Waals surface area contributed by atoms with Gasteiger partial charge in [0, 0.05) is 5.75 Å². The van der Waals surface area contributed by atoms with Crippen molar-refractivity contribution in [2.45, 2.75) is 4.75 Å². The molecule has 0 fully saturated rings. The van der Waals surface area contributed by atoms with E-state index >= 15 is 0 Å². The molecule has 33 heavy (non-hydrogen) atoms. The van der Waals surface area contributed by atoms with Gasteiger partial charge in [0.15, 0.2) is 0 Å². The maximum absolute atomic E-state index is 10.4. The highest BCUT2D eigenvalue weighted by Gasteiger charge is 2.36. The second kappa shape index (κ2) is 13.8. The summed E-state index contributed by atoms with van der Waals surface area (Å²) in [5.74, 6) is -0.172. The standard InChI is InChI=1S/C27H30O5S/c28-26(29)22-32-19-18-30-16-17-31-20-21-33-27(23-10-4-1-5-11-23,24-12-6-2-7-13-24)25-14-8-3-9-15-25/h1-15H,16-22H2,(H,28,29). The van der Waals surface area contributed by atoms with Crippen molar-refractivity contribution in [3.63, 3.8) is 0 Å². The van der Waals surface area contributed by atoms with E-state index in [0.29, 0.717) is 26.4 Å². The Morgan fingerprint density at radius 2 is 1.03 bits per heavy atom. The van der Waals surface area contributed by atoms with E-state index in [1.165, 1.54) is 16.7 Å². The molecular weight excluding hydrogens is 436 g/mol. The fraction of sp³-hybridized carbons (Fsp3) is 0.296. The second-order valence-electron chi connectivity index (χ2n) is 7.30. The van der Waals surface area contributed by atoms with Gasteiger partial charge < -0.3 is 19.3 Å². The number of carboxylic acids is 1. The van der Waals surface area contributed by atoms with E-state index in [2.05, 4.69) is 72.8 Å². The van der Waals surface area contributed by atoms with Crippen LogP contribution >= 0.6 is 11.8 Å². The first-order valence-electron chi connectivity index (χ1n) is 11.0. The third-order valence-electron chi connectivity index (χ3n) is 5.06. The van der Waals surface area contributed by atoms with Crippen molar-refractivity contribution in [3.8, 4) is 0 Å². The largest absolute Gasteiger partial charge is 0.480 e. The molecule has 0 aliphatic carbocycles. The van der Waals surface area contributed by atoms with E-state index in [4.69, 9.17) is 19.3 Å². The summed E-state index contributed by atoms with van der Waals surface area (Å²) in [5.41, 5.74) is 3.70. The zero-order valence-electron chi connectivity index (χ0n) is 18.6. The number of hydrogen-bond acceptors (Lipinski definition) is 5. The number of carboxylic acid groups (broad SMARTS) is 1. The van der Waals surface area contributed by atoms with Gasteiger partial charge in [-0.3, -0.25) is 0 Å². The molecule has 0 saturated heterocycles. The quantitative estimate of drug-likeness (QED) is 0.255. The zero-order chi connectivity index (χ0) is 23.2. The Morgan fingerprint density at radius 3 is 1.45 bits per heavy atom. The molecule has 0 aliphatic heterocycles. The Bertz CT molecular complexity index is 838. The molecule has 0 atom stereocenters. The zero-order valence-corrected chi connectivity index (χ0v) is 19.4. The first-order chi connectivity index (χ1) is 16.2. The summed E-state index contributed by atoms with van der Waals surface area (Å²) in [6.07, 6.45) is 0. The van der Waals surface area contributed by atoms with Crippen LogP contribution in [0.2, 0.25) is 0 Å². The molecule has 1 N–H and O–H groups in total. The molecule has 0 bridgehead atoms. The van der Waals surface area contributed by atoms with Gasteiger partial charge in [-0.1, -0.05) is 91.0 Å². The van der Waals surface area contributed by atoms with Crippen LogP contribution in [0, 0.1) is 0 Å². The molecule has 6 heteroatoms. The number of carbonyl (C=O) groups is 1. The van der Waals surface area contributed by atoms with Gasteiger partial charge in [-0.15, -0.1) is 11.8 Å². The molecular formula is C27H30O5S. The lowest BCUT2D eigenvalue weighted by Crippen LogP contribution is -2.26. The Balaban J connectivity index is 1.60. The lowest BCUT2D eigenvalue weighted by Gasteiger charge is -2.35. The summed E-state index contributed by atoms with van der Waals surface area (Å²) in [6, 6.07) is 31.8. The monoisotopic (exact) mass is 466 g/mol. The van der Waals surface area contributed by atoms with E-state index in [1.54, 1.807) is 0 Å². The summed E-state index contributed by atoms with van der Waals surface area (Å²) in [4.78, 5) is 10.4. The van der Waals surface area contributed by atoms with Crippen LogP contribution in [0.1, 0.15) is 16.7 Å². The molecule has 0 radical (unpaired) electrons. The smallest absolute Gasteiger partial charge is 0.329 e. The van der Waals surface area contributed by atoms with Gasteiger partial charge in [-0.25, -0.2) is 4.79 Å². The van der Waals surface area contributed by atoms with Crippen molar-refractivity contribution >= 4 is 17.7 Å². The first-order valence-corrected chi connectivity index (χ1v) is 12.0. The highest BCUT2D eigenvalue weighted by Crippen LogP contribution is 2.48. The van der Waals surface area contributed by atoms with Gasteiger partial charge in [0.1, 0.15) is 6.61 Å². The molecule has 0 heterocycles. The molecule has 3 aromatic rings. The maximum Gasteiger partial charge on any atom is 0.329 e. The molecule has 3 aromatic carbocycles. The average molecular weight is 467 g/mol. The van der Waals surface area contributed by atoms with Gasteiger partial charge in [-0.2, -0.15) is 0 Å². The lowest BCUT2D eigenvalue weighted by atomic mass is 9.84. The lowest BCUT2D eigenvalue weighted by molar-refractivity contribution is -0.142. The summed E-state index contributed by atoms with van der Waals surface area (Å²) in [6.45, 7) is 1.83. The molecule has 0 saturated carbocycles. The highest BCUT2D eigenvalue weighted by molar-refractivity contribution is 8.00. The van der Waals surface area contributed by atoms with Crippen molar-refractivity contribution in [1.29, 1.82) is 0 Å². The fourth-order valence-electron chi connectivity index (χ4n) is 3.62. The number of rotatable bonds is 15. The third-order valence-corrected chi connectivity index (χ3v) is 6.57. The highest BCUT2D eigenvalue weighted by atomic mass is 32.2. The molecule has 3 rings (SSSR count). The van der Waals surface area contributed by atoms with Gasteiger partial charge in [0.2, 0.25) is 0 Å². The second-order valence-corrected chi connectivity index (χ2v) is 8.61. The van der Waals surface area contributed by atoms with Crippen LogP contribution in [0.4, 0.5) is 0 Å². The van der Waals surface area contributed by atoms with Crippen molar-refractivity contribution in [1.82, 2.24) is 0 Å². The maximum atomic E-state index is 10.4. The summed E-state index contributed by atoms with van der Waals surface area (Å²) < 4.78 is 15.8. The van der Waals surface area contributed by atoms with Gasteiger partial charge in [-0.05, 0) is 16.7 Å². The Labute approximate surface area is 199 Å². The number of ether oxygens (including phenoxy) is 3. The van der Waals surface area contributed by atoms with Gasteiger partial charge >= 0.3 is 5.97 Å². The van der Waals surface area contributed by atoms with Crippen molar-refractivity contribution in [2.75, 3.05) is 45.4 Å². The minimum absolute atomic E-state index is 0.260. The predicted molar refractivity (Wildman–Crippen MR) is 132 cm³/mol. The van der Waals surface area contributed by atoms with Crippen LogP contribution in [0.5, 0.6) is 0 Å². The molecule has 174 valence electrons. The van der Waals surface area contributed by atoms with Crippen LogP contribution in [-0.4, -0.2) is 56.5 Å². The van der Waals surface area contributed by atoms with E-state index in [9.17, 15) is 4.79 Å². The summed E-state index contributed by atoms with van der Waals surface area (Å²) in [5, 5.41) is 8.52. The van der Waals surface area contributed by atoms with Crippen molar-refractivity contribution in [3.05, 3.63) is 108 Å².